The number of carbonyl (C=O) groups excluding carboxylic acids is 12. The number of ether oxygens (including phenoxy) is 6. The number of hydrogen-bond donors (Lipinski definition) is 8. The summed E-state index contributed by atoms with van der Waals surface area (Å²) in [5.41, 5.74) is 3.23. The smallest absolute Gasteiger partial charge is 0.416 e. The summed E-state index contributed by atoms with van der Waals surface area (Å²) in [6.07, 6.45) is 6.04. The van der Waals surface area contributed by atoms with Gasteiger partial charge in [0, 0.05) is 114 Å². The minimum absolute atomic E-state index is 0.00724. The molecule has 3 aliphatic heterocycles. The number of hydrogen-bond acceptors (Lipinski definition) is 20. The van der Waals surface area contributed by atoms with Gasteiger partial charge in [0.25, 0.3) is 35.4 Å². The molecule has 0 saturated carbocycles. The van der Waals surface area contributed by atoms with Gasteiger partial charge in [0.15, 0.2) is 23.5 Å². The Balaban J connectivity index is 0.664. The number of aromatic nitrogens is 5. The van der Waals surface area contributed by atoms with Crippen LogP contribution >= 0.6 is 0 Å². The summed E-state index contributed by atoms with van der Waals surface area (Å²) in [6.45, 7) is 9.37. The van der Waals surface area contributed by atoms with Crippen molar-refractivity contribution in [2.75, 3.05) is 93.1 Å². The number of nitrogens with one attached hydrogen (secondary N) is 7. The van der Waals surface area contributed by atoms with Gasteiger partial charge < -0.3 is 89.3 Å². The molecule has 0 spiro atoms. The molecule has 7 heterocycles. The SMILES string of the molecule is C=C1C[C@H]2[C@H](O)N(C(=O)OCc3ccc(NC(=O)[C@H](C)NC(=O)[C@@H](NC(=O)CCOCCOCCNC(=O)CCN4C(=O)C=CC4=O)C(C)C)cc3)c3cc(OCCCC(=O)Nc4cn(C)c(C(=O)Nc5cc(C(=O)Nc6cc(C(=O)n7ccc8cc(OC)ccc87)n(C)c6)n(C)c5)n4)c(OC)cc3C(=O)N2C1. The van der Waals surface area contributed by atoms with Gasteiger partial charge in [-0.2, -0.15) is 0 Å². The Labute approximate surface area is 619 Å². The number of methoxy groups -OCH3 is 2. The average molecular weight is 1490 g/mol. The number of rotatable bonds is 33. The lowest BCUT2D eigenvalue weighted by atomic mass is 10.0. The molecule has 3 aromatic carbocycles. The number of nitrogens with zero attached hydrogens (tertiary/aromatic N) is 8. The van der Waals surface area contributed by atoms with E-state index in [1.165, 1.54) is 57.0 Å². The van der Waals surface area contributed by atoms with E-state index >= 15 is 0 Å². The van der Waals surface area contributed by atoms with Crippen molar-refractivity contribution in [3.8, 4) is 17.2 Å². The second-order valence-electron chi connectivity index (χ2n) is 26.1. The molecule has 1 fully saturated rings. The first-order chi connectivity index (χ1) is 51.7. The van der Waals surface area contributed by atoms with E-state index in [2.05, 4.69) is 48.8 Å². The third-order valence-electron chi connectivity index (χ3n) is 17.9. The van der Waals surface area contributed by atoms with Crippen LogP contribution in [0.3, 0.4) is 0 Å². The molecule has 7 aromatic rings. The zero-order valence-corrected chi connectivity index (χ0v) is 60.8. The molecular weight excluding hydrogens is 1400 g/mol. The van der Waals surface area contributed by atoms with Crippen LogP contribution in [0.4, 0.5) is 33.4 Å². The zero-order chi connectivity index (χ0) is 77.6. The Kier molecular flexibility index (Phi) is 25.4. The Morgan fingerprint density at radius 1 is 0.667 bits per heavy atom. The Morgan fingerprint density at radius 2 is 1.36 bits per heavy atom. The molecule has 1 saturated heterocycles. The van der Waals surface area contributed by atoms with Crippen molar-refractivity contribution in [1.29, 1.82) is 0 Å². The van der Waals surface area contributed by atoms with Crippen LogP contribution in [-0.4, -0.2) is 200 Å². The highest BCUT2D eigenvalue weighted by Crippen LogP contribution is 2.42. The van der Waals surface area contributed by atoms with Gasteiger partial charge in [-0.1, -0.05) is 38.1 Å². The van der Waals surface area contributed by atoms with Crippen LogP contribution in [0.25, 0.3) is 10.9 Å². The predicted octanol–water partition coefficient (Wildman–Crippen LogP) is 4.74. The molecule has 34 nitrogen and oxygen atoms in total. The first kappa shape index (κ1) is 78.2. The number of benzene rings is 3. The highest BCUT2D eigenvalue weighted by Gasteiger charge is 2.46. The highest BCUT2D eigenvalue weighted by molar-refractivity contribution is 6.13. The molecule has 3 aliphatic rings. The van der Waals surface area contributed by atoms with Crippen molar-refractivity contribution in [3.05, 3.63) is 150 Å². The van der Waals surface area contributed by atoms with Gasteiger partial charge in [0.2, 0.25) is 35.4 Å². The van der Waals surface area contributed by atoms with Gasteiger partial charge in [-0.25, -0.2) is 14.7 Å². The number of aryl methyl sites for hydroxylation is 3. The molecule has 0 radical (unpaired) electrons. The third-order valence-corrected chi connectivity index (χ3v) is 17.9. The Bertz CT molecular complexity index is 4640. The molecular formula is C74H85N15O19. The standard InChI is InChI=1S/C74H85N15O19/c1-42(2)65(82-62(92)22-27-105-29-30-106-28-23-75-60(90)21-25-87-63(93)18-19-64(87)94)69(97)76-44(4)67(95)77-47-14-12-45(13-15-47)41-108-74(102)89-53-36-58(57(104-9)35-51(53)71(99)88-37-43(3)31-56(88)73(89)101)107-26-10-11-61(91)80-59-40-85(7)66(81-59)70(98)79-48-33-54(83(5)38-48)68(96)78-49-34-55(84(6)39-49)72(100)86-24-20-46-32-50(103-8)16-17-52(46)86/h12-20,24,32-36,38-40,42,44,56,65,73,101H,3,10-11,21-23,25-31,37,41H2,1-2,4-9H3,(H,75,90)(H,76,97)(H,77,95)(H,78,96)(H,79,98)(H,80,91)(H,82,92)/t44-,56-,65-,73-/m0/s1. The fourth-order valence-electron chi connectivity index (χ4n) is 12.2. The summed E-state index contributed by atoms with van der Waals surface area (Å²) in [7, 11) is 7.81. The average Bonchev–Trinajstić information content (AvgIpc) is 1.59. The Hall–Kier alpha value is -12.4. The van der Waals surface area contributed by atoms with Crippen molar-refractivity contribution in [2.24, 2.45) is 27.1 Å². The van der Waals surface area contributed by atoms with E-state index in [0.717, 1.165) is 27.3 Å². The largest absolute Gasteiger partial charge is 0.497 e. The summed E-state index contributed by atoms with van der Waals surface area (Å²) in [6, 6.07) is 16.3. The topological polar surface area (TPSA) is 407 Å². The molecule has 4 atom stereocenters. The van der Waals surface area contributed by atoms with Crippen LogP contribution in [0.1, 0.15) is 100 Å². The van der Waals surface area contributed by atoms with Crippen molar-refractivity contribution in [3.63, 3.8) is 0 Å². The van der Waals surface area contributed by atoms with E-state index in [9.17, 15) is 62.6 Å². The summed E-state index contributed by atoms with van der Waals surface area (Å²) >= 11 is 0. The summed E-state index contributed by atoms with van der Waals surface area (Å²) < 4.78 is 39.9. The minimum Gasteiger partial charge on any atom is -0.497 e. The summed E-state index contributed by atoms with van der Waals surface area (Å²) in [4.78, 5) is 165. The Morgan fingerprint density at radius 3 is 2.06 bits per heavy atom. The molecule has 0 aliphatic carbocycles. The van der Waals surface area contributed by atoms with Crippen LogP contribution in [-0.2, 0) is 75.5 Å². The zero-order valence-electron chi connectivity index (χ0n) is 60.8. The molecule has 10 rings (SSSR count). The fourth-order valence-corrected chi connectivity index (χ4v) is 12.2. The lowest BCUT2D eigenvalue weighted by molar-refractivity contribution is -0.137. The van der Waals surface area contributed by atoms with Crippen LogP contribution in [0, 0.1) is 5.92 Å². The predicted molar refractivity (Wildman–Crippen MR) is 391 cm³/mol. The lowest BCUT2D eigenvalue weighted by Crippen LogP contribution is -2.53. The van der Waals surface area contributed by atoms with E-state index in [1.54, 1.807) is 108 Å². The second kappa shape index (κ2) is 35.1. The molecule has 11 amide bonds. The van der Waals surface area contributed by atoms with Crippen LogP contribution in [0.2, 0.25) is 0 Å². The van der Waals surface area contributed by atoms with Crippen LogP contribution < -0.4 is 56.3 Å². The quantitative estimate of drug-likeness (QED) is 0.0156. The summed E-state index contributed by atoms with van der Waals surface area (Å²) in [5.74, 6) is -4.88. The van der Waals surface area contributed by atoms with Gasteiger partial charge in [-0.15, -0.1) is 0 Å². The number of imide groups is 1. The first-order valence-electron chi connectivity index (χ1n) is 34.6. The molecule has 8 N–H and O–H groups in total. The van der Waals surface area contributed by atoms with Gasteiger partial charge in [-0.05, 0) is 85.8 Å². The number of anilines is 5. The number of fused-ring (bicyclic) bond motifs is 3. The maximum absolute atomic E-state index is 14.3. The molecule has 108 heavy (non-hydrogen) atoms. The maximum atomic E-state index is 14.3. The number of carbonyl (C=O) groups is 12. The number of aliphatic hydroxyl groups is 1. The van der Waals surface area contributed by atoms with Crippen LogP contribution in [0.15, 0.2) is 122 Å². The van der Waals surface area contributed by atoms with Crippen molar-refractivity contribution in [2.45, 2.75) is 83.8 Å². The normalized spacial score (nSPS) is 15.1. The lowest BCUT2D eigenvalue weighted by Gasteiger charge is -2.31. The van der Waals surface area contributed by atoms with Gasteiger partial charge in [0.1, 0.15) is 35.8 Å². The molecule has 570 valence electrons. The number of imidazole rings is 1. The maximum Gasteiger partial charge on any atom is 0.416 e. The van der Waals surface area contributed by atoms with Gasteiger partial charge in [0.05, 0.1) is 81.4 Å². The van der Waals surface area contributed by atoms with E-state index in [0.29, 0.717) is 39.5 Å². The van der Waals surface area contributed by atoms with E-state index in [1.807, 2.05) is 12.1 Å². The number of aliphatic hydroxyl groups excluding tert-OH is 1. The van der Waals surface area contributed by atoms with E-state index in [4.69, 9.17) is 28.4 Å². The third kappa shape index (κ3) is 19.0. The van der Waals surface area contributed by atoms with Crippen molar-refractivity contribution >= 4 is 111 Å². The van der Waals surface area contributed by atoms with Crippen LogP contribution in [0.5, 0.6) is 17.2 Å². The molecule has 0 unspecified atom stereocenters. The van der Waals surface area contributed by atoms with Crippen molar-refractivity contribution in [1.82, 2.24) is 49.0 Å². The van der Waals surface area contributed by atoms with Crippen molar-refractivity contribution < 1.29 is 91.1 Å². The molecule has 0 bridgehead atoms. The first-order valence-corrected chi connectivity index (χ1v) is 34.6. The van der Waals surface area contributed by atoms with E-state index in [-0.39, 0.29) is 155 Å². The van der Waals surface area contributed by atoms with Gasteiger partial charge >= 0.3 is 6.09 Å². The summed E-state index contributed by atoms with van der Waals surface area (Å²) in [5, 5.41) is 31.8. The highest BCUT2D eigenvalue weighted by atomic mass is 16.6. The van der Waals surface area contributed by atoms with Gasteiger partial charge in [-0.3, -0.25) is 62.2 Å². The van der Waals surface area contributed by atoms with E-state index < -0.39 is 83.6 Å². The monoisotopic (exact) mass is 1490 g/mol. The molecule has 4 aromatic heterocycles. The second-order valence-corrected chi connectivity index (χ2v) is 26.1. The number of amides is 11. The minimum atomic E-state index is -1.62. The molecule has 34 heteroatoms. The fraction of sp³-hybridized carbons (Fsp3) is 0.365.